The predicted octanol–water partition coefficient (Wildman–Crippen LogP) is 5.58. The standard InChI is InChI=1S/C18H14BrFN2OS/c1-10-3-4-11(2)14(7-10)16-9-24-18(21-16)22-17(23)13-6-5-12(20)8-15(13)19/h3-9H,1-2H3,(H,21,22,23). The van der Waals surface area contributed by atoms with Gasteiger partial charge in [0.25, 0.3) is 5.91 Å². The Labute approximate surface area is 151 Å². The summed E-state index contributed by atoms with van der Waals surface area (Å²) in [5.74, 6) is -0.728. The molecule has 2 aromatic carbocycles. The molecule has 122 valence electrons. The number of carbonyl (C=O) groups is 1. The van der Waals surface area contributed by atoms with Crippen LogP contribution in [0, 0.1) is 19.7 Å². The van der Waals surface area contributed by atoms with E-state index in [9.17, 15) is 9.18 Å². The minimum absolute atomic E-state index is 0.330. The number of thiazole rings is 1. The number of nitrogens with one attached hydrogen (secondary N) is 1. The highest BCUT2D eigenvalue weighted by molar-refractivity contribution is 9.10. The number of hydrogen-bond donors (Lipinski definition) is 1. The number of nitrogens with zero attached hydrogens (tertiary/aromatic N) is 1. The molecule has 0 aliphatic heterocycles. The van der Waals surface area contributed by atoms with Crippen molar-refractivity contribution in [2.24, 2.45) is 0 Å². The van der Waals surface area contributed by atoms with Crippen molar-refractivity contribution in [3.63, 3.8) is 0 Å². The second-order valence-electron chi connectivity index (χ2n) is 5.43. The first-order valence-electron chi connectivity index (χ1n) is 7.23. The molecule has 1 heterocycles. The number of benzene rings is 2. The topological polar surface area (TPSA) is 42.0 Å². The summed E-state index contributed by atoms with van der Waals surface area (Å²) in [6.07, 6.45) is 0. The van der Waals surface area contributed by atoms with Crippen molar-refractivity contribution in [2.75, 3.05) is 5.32 Å². The number of anilines is 1. The number of carbonyl (C=O) groups excluding carboxylic acids is 1. The molecule has 0 bridgehead atoms. The predicted molar refractivity (Wildman–Crippen MR) is 99.1 cm³/mol. The van der Waals surface area contributed by atoms with E-state index in [-0.39, 0.29) is 5.91 Å². The lowest BCUT2D eigenvalue weighted by Crippen LogP contribution is -2.12. The molecule has 0 radical (unpaired) electrons. The molecule has 3 nitrogen and oxygen atoms in total. The third kappa shape index (κ3) is 3.55. The molecule has 0 atom stereocenters. The molecule has 1 N–H and O–H groups in total. The van der Waals surface area contributed by atoms with Crippen LogP contribution in [0.15, 0.2) is 46.3 Å². The van der Waals surface area contributed by atoms with Crippen molar-refractivity contribution in [2.45, 2.75) is 13.8 Å². The maximum absolute atomic E-state index is 13.1. The summed E-state index contributed by atoms with van der Waals surface area (Å²) in [5.41, 5.74) is 4.53. The Hall–Kier alpha value is -2.05. The summed E-state index contributed by atoms with van der Waals surface area (Å²) in [6.45, 7) is 4.06. The van der Waals surface area contributed by atoms with Gasteiger partial charge in [-0.05, 0) is 59.6 Å². The van der Waals surface area contributed by atoms with Gasteiger partial charge < -0.3 is 0 Å². The lowest BCUT2D eigenvalue weighted by atomic mass is 10.0. The van der Waals surface area contributed by atoms with Crippen molar-refractivity contribution in [3.05, 3.63) is 68.8 Å². The van der Waals surface area contributed by atoms with Crippen LogP contribution in [-0.2, 0) is 0 Å². The van der Waals surface area contributed by atoms with Gasteiger partial charge in [-0.1, -0.05) is 17.7 Å². The smallest absolute Gasteiger partial charge is 0.258 e. The van der Waals surface area contributed by atoms with E-state index in [1.165, 1.54) is 29.5 Å². The monoisotopic (exact) mass is 404 g/mol. The van der Waals surface area contributed by atoms with Gasteiger partial charge in [0, 0.05) is 15.4 Å². The highest BCUT2D eigenvalue weighted by Crippen LogP contribution is 2.29. The maximum Gasteiger partial charge on any atom is 0.258 e. The van der Waals surface area contributed by atoms with Crippen LogP contribution in [0.2, 0.25) is 0 Å². The van der Waals surface area contributed by atoms with Crippen molar-refractivity contribution in [3.8, 4) is 11.3 Å². The van der Waals surface area contributed by atoms with Gasteiger partial charge >= 0.3 is 0 Å². The van der Waals surface area contributed by atoms with Gasteiger partial charge in [0.15, 0.2) is 5.13 Å². The number of aryl methyl sites for hydroxylation is 2. The SMILES string of the molecule is Cc1ccc(C)c(-c2csc(NC(=O)c3ccc(F)cc3Br)n2)c1. The summed E-state index contributed by atoms with van der Waals surface area (Å²) < 4.78 is 13.5. The molecule has 1 aromatic heterocycles. The summed E-state index contributed by atoms with van der Waals surface area (Å²) >= 11 is 4.56. The summed E-state index contributed by atoms with van der Waals surface area (Å²) in [4.78, 5) is 16.8. The fraction of sp³-hybridized carbons (Fsp3) is 0.111. The number of aromatic nitrogens is 1. The summed E-state index contributed by atoms with van der Waals surface area (Å²) in [5, 5.41) is 5.18. The van der Waals surface area contributed by atoms with E-state index >= 15 is 0 Å². The van der Waals surface area contributed by atoms with E-state index in [2.05, 4.69) is 44.4 Å². The third-order valence-electron chi connectivity index (χ3n) is 3.57. The maximum atomic E-state index is 13.1. The van der Waals surface area contributed by atoms with Crippen LogP contribution < -0.4 is 5.32 Å². The highest BCUT2D eigenvalue weighted by Gasteiger charge is 2.14. The molecular weight excluding hydrogens is 391 g/mol. The molecular formula is C18H14BrFN2OS. The summed E-state index contributed by atoms with van der Waals surface area (Å²) in [6, 6.07) is 10.1. The van der Waals surface area contributed by atoms with Crippen molar-refractivity contribution in [1.82, 2.24) is 4.98 Å². The number of rotatable bonds is 3. The lowest BCUT2D eigenvalue weighted by molar-refractivity contribution is 0.102. The molecule has 0 aliphatic rings. The van der Waals surface area contributed by atoms with E-state index < -0.39 is 5.82 Å². The molecule has 0 saturated carbocycles. The van der Waals surface area contributed by atoms with Crippen LogP contribution in [0.4, 0.5) is 9.52 Å². The first-order valence-corrected chi connectivity index (χ1v) is 8.91. The van der Waals surface area contributed by atoms with Crippen LogP contribution in [-0.4, -0.2) is 10.9 Å². The van der Waals surface area contributed by atoms with Crippen molar-refractivity contribution >= 4 is 38.3 Å². The van der Waals surface area contributed by atoms with Crippen molar-refractivity contribution in [1.29, 1.82) is 0 Å². The van der Waals surface area contributed by atoms with E-state index in [1.54, 1.807) is 0 Å². The number of amides is 1. The molecule has 0 saturated heterocycles. The number of halogens is 2. The molecule has 1 amide bonds. The fourth-order valence-electron chi connectivity index (χ4n) is 2.30. The summed E-state index contributed by atoms with van der Waals surface area (Å²) in [7, 11) is 0. The Balaban J connectivity index is 1.83. The second-order valence-corrected chi connectivity index (χ2v) is 7.15. The van der Waals surface area contributed by atoms with Gasteiger partial charge in [-0.15, -0.1) is 11.3 Å². The Morgan fingerprint density at radius 1 is 1.21 bits per heavy atom. The average Bonchev–Trinajstić information content (AvgIpc) is 2.97. The Morgan fingerprint density at radius 3 is 2.75 bits per heavy atom. The Kier molecular flexibility index (Phi) is 4.78. The first kappa shape index (κ1) is 16.8. The third-order valence-corrected chi connectivity index (χ3v) is 4.98. The zero-order chi connectivity index (χ0) is 17.3. The Bertz CT molecular complexity index is 923. The van der Waals surface area contributed by atoms with Crippen LogP contribution in [0.25, 0.3) is 11.3 Å². The molecule has 0 fully saturated rings. The molecule has 0 spiro atoms. The van der Waals surface area contributed by atoms with Gasteiger partial charge in [0.1, 0.15) is 5.82 Å². The number of hydrogen-bond acceptors (Lipinski definition) is 3. The largest absolute Gasteiger partial charge is 0.298 e. The molecule has 3 aromatic rings. The van der Waals surface area contributed by atoms with E-state index in [0.717, 1.165) is 22.4 Å². The van der Waals surface area contributed by atoms with Crippen LogP contribution >= 0.6 is 27.3 Å². The minimum Gasteiger partial charge on any atom is -0.298 e. The van der Waals surface area contributed by atoms with Crippen molar-refractivity contribution < 1.29 is 9.18 Å². The zero-order valence-corrected chi connectivity index (χ0v) is 15.5. The van der Waals surface area contributed by atoms with Crippen LogP contribution in [0.5, 0.6) is 0 Å². The molecule has 24 heavy (non-hydrogen) atoms. The van der Waals surface area contributed by atoms with E-state index in [0.29, 0.717) is 15.2 Å². The highest BCUT2D eigenvalue weighted by atomic mass is 79.9. The average molecular weight is 405 g/mol. The fourth-order valence-corrected chi connectivity index (χ4v) is 3.54. The minimum atomic E-state index is -0.398. The van der Waals surface area contributed by atoms with Crippen LogP contribution in [0.3, 0.4) is 0 Å². The van der Waals surface area contributed by atoms with E-state index in [1.807, 2.05) is 19.2 Å². The zero-order valence-electron chi connectivity index (χ0n) is 13.1. The van der Waals surface area contributed by atoms with Crippen LogP contribution in [0.1, 0.15) is 21.5 Å². The second kappa shape index (κ2) is 6.83. The van der Waals surface area contributed by atoms with Gasteiger partial charge in [-0.25, -0.2) is 9.37 Å². The van der Waals surface area contributed by atoms with Gasteiger partial charge in [-0.2, -0.15) is 0 Å². The molecule has 0 aliphatic carbocycles. The van der Waals surface area contributed by atoms with Gasteiger partial charge in [-0.3, -0.25) is 10.1 Å². The first-order chi connectivity index (χ1) is 11.4. The quantitative estimate of drug-likeness (QED) is 0.618. The van der Waals surface area contributed by atoms with Gasteiger partial charge in [0.05, 0.1) is 11.3 Å². The lowest BCUT2D eigenvalue weighted by Gasteiger charge is -2.05. The Morgan fingerprint density at radius 2 is 2.00 bits per heavy atom. The van der Waals surface area contributed by atoms with E-state index in [4.69, 9.17) is 0 Å². The molecule has 6 heteroatoms. The van der Waals surface area contributed by atoms with Gasteiger partial charge in [0.2, 0.25) is 0 Å². The molecule has 3 rings (SSSR count). The normalized spacial score (nSPS) is 10.7. The molecule has 0 unspecified atom stereocenters.